The van der Waals surface area contributed by atoms with Gasteiger partial charge >= 0.3 is 5.97 Å². The highest BCUT2D eigenvalue weighted by Gasteiger charge is 2.00. The molecule has 1 amide bonds. The summed E-state index contributed by atoms with van der Waals surface area (Å²) in [4.78, 5) is 25.0. The fraction of sp³-hybridized carbons (Fsp3) is 0.250. The molecule has 0 aromatic carbocycles. The first-order chi connectivity index (χ1) is 8.08. The molecule has 0 radical (unpaired) electrons. The normalized spacial score (nSPS) is 10.4. The van der Waals surface area contributed by atoms with Crippen molar-refractivity contribution in [2.75, 3.05) is 6.54 Å². The van der Waals surface area contributed by atoms with Gasteiger partial charge in [0.2, 0.25) is 5.91 Å². The number of aromatic nitrogens is 1. The molecule has 0 fully saturated rings. The van der Waals surface area contributed by atoms with Crippen LogP contribution >= 0.6 is 0 Å². The summed E-state index contributed by atoms with van der Waals surface area (Å²) in [6.45, 7) is 1.92. The van der Waals surface area contributed by atoms with Crippen molar-refractivity contribution in [1.82, 2.24) is 10.3 Å². The average molecular weight is 234 g/mol. The second-order valence-electron chi connectivity index (χ2n) is 3.49. The van der Waals surface area contributed by atoms with E-state index < -0.39 is 5.97 Å². The highest BCUT2D eigenvalue weighted by molar-refractivity contribution is 5.73. The summed E-state index contributed by atoms with van der Waals surface area (Å²) in [6.07, 6.45) is 5.14. The number of hydrogen-bond acceptors (Lipinski definition) is 3. The van der Waals surface area contributed by atoms with Crippen LogP contribution in [0.5, 0.6) is 0 Å². The molecular formula is C12H14N2O3. The number of carboxylic acid groups (broad SMARTS) is 1. The van der Waals surface area contributed by atoms with Gasteiger partial charge in [0.05, 0.1) is 12.1 Å². The van der Waals surface area contributed by atoms with Gasteiger partial charge in [0.15, 0.2) is 0 Å². The lowest BCUT2D eigenvalue weighted by molar-refractivity contribution is -0.136. The van der Waals surface area contributed by atoms with E-state index in [2.05, 4.69) is 10.3 Å². The molecule has 1 aromatic heterocycles. The first-order valence-corrected chi connectivity index (χ1v) is 5.15. The maximum Gasteiger partial charge on any atom is 0.309 e. The largest absolute Gasteiger partial charge is 0.481 e. The summed E-state index contributed by atoms with van der Waals surface area (Å²) in [7, 11) is 0. The Bertz CT molecular complexity index is 424. The number of rotatable bonds is 5. The van der Waals surface area contributed by atoms with Crippen molar-refractivity contribution in [3.8, 4) is 0 Å². The number of amides is 1. The standard InChI is InChI=1S/C12H14N2O3/c1-9(15)13-6-2-3-10-4-5-11(14-8-10)7-12(16)17/h2-5,8H,6-7H2,1H3,(H,13,15)(H,16,17). The minimum Gasteiger partial charge on any atom is -0.481 e. The van der Waals surface area contributed by atoms with Gasteiger partial charge in [-0.1, -0.05) is 18.2 Å². The Balaban J connectivity index is 2.50. The molecule has 0 atom stereocenters. The molecule has 0 unspecified atom stereocenters. The summed E-state index contributed by atoms with van der Waals surface area (Å²) in [6, 6.07) is 3.46. The van der Waals surface area contributed by atoms with Crippen molar-refractivity contribution < 1.29 is 14.7 Å². The molecule has 5 heteroatoms. The van der Waals surface area contributed by atoms with E-state index in [4.69, 9.17) is 5.11 Å². The number of pyridine rings is 1. The van der Waals surface area contributed by atoms with E-state index in [1.807, 2.05) is 6.08 Å². The molecule has 1 rings (SSSR count). The van der Waals surface area contributed by atoms with Gasteiger partial charge in [-0.3, -0.25) is 14.6 Å². The third-order valence-corrected chi connectivity index (χ3v) is 1.96. The lowest BCUT2D eigenvalue weighted by atomic mass is 10.2. The minimum absolute atomic E-state index is 0.0735. The Hall–Kier alpha value is -2.17. The molecule has 2 N–H and O–H groups in total. The summed E-state index contributed by atoms with van der Waals surface area (Å²) in [5.41, 5.74) is 1.39. The lowest BCUT2D eigenvalue weighted by Crippen LogP contribution is -2.19. The number of hydrogen-bond donors (Lipinski definition) is 2. The van der Waals surface area contributed by atoms with Crippen LogP contribution in [0, 0.1) is 0 Å². The molecule has 0 saturated carbocycles. The molecule has 1 aromatic rings. The topological polar surface area (TPSA) is 79.3 Å². The highest BCUT2D eigenvalue weighted by atomic mass is 16.4. The van der Waals surface area contributed by atoms with Crippen LogP contribution in [0.2, 0.25) is 0 Å². The Kier molecular flexibility index (Phi) is 4.87. The third kappa shape index (κ3) is 5.46. The van der Waals surface area contributed by atoms with Crippen LogP contribution < -0.4 is 5.32 Å². The van der Waals surface area contributed by atoms with E-state index in [-0.39, 0.29) is 12.3 Å². The van der Waals surface area contributed by atoms with Crippen LogP contribution in [-0.2, 0) is 16.0 Å². The van der Waals surface area contributed by atoms with Gasteiger partial charge in [-0.2, -0.15) is 0 Å². The number of nitrogens with one attached hydrogen (secondary N) is 1. The second kappa shape index (κ2) is 6.42. The van der Waals surface area contributed by atoms with Crippen LogP contribution in [0.1, 0.15) is 18.2 Å². The van der Waals surface area contributed by atoms with Crippen LogP contribution in [0.4, 0.5) is 0 Å². The number of carboxylic acids is 1. The molecule has 90 valence electrons. The van der Waals surface area contributed by atoms with Gasteiger partial charge in [-0.25, -0.2) is 0 Å². The van der Waals surface area contributed by atoms with Gasteiger partial charge in [0, 0.05) is 19.7 Å². The van der Waals surface area contributed by atoms with Gasteiger partial charge in [0.1, 0.15) is 0 Å². The molecular weight excluding hydrogens is 220 g/mol. The number of carbonyl (C=O) groups is 2. The van der Waals surface area contributed by atoms with Gasteiger partial charge in [0.25, 0.3) is 0 Å². The predicted octanol–water partition coefficient (Wildman–Crippen LogP) is 0.858. The smallest absolute Gasteiger partial charge is 0.309 e. The predicted molar refractivity (Wildman–Crippen MR) is 63.3 cm³/mol. The Morgan fingerprint density at radius 3 is 2.76 bits per heavy atom. The average Bonchev–Trinajstić information content (AvgIpc) is 2.25. The highest BCUT2D eigenvalue weighted by Crippen LogP contribution is 2.03. The Labute approximate surface area is 99.2 Å². The van der Waals surface area contributed by atoms with Crippen LogP contribution in [-0.4, -0.2) is 28.5 Å². The van der Waals surface area contributed by atoms with Crippen LogP contribution in [0.15, 0.2) is 24.4 Å². The zero-order valence-corrected chi connectivity index (χ0v) is 9.51. The molecule has 0 aliphatic rings. The van der Waals surface area contributed by atoms with Crippen molar-refractivity contribution in [3.05, 3.63) is 35.7 Å². The van der Waals surface area contributed by atoms with Gasteiger partial charge in [-0.15, -0.1) is 0 Å². The number of nitrogens with zero attached hydrogens (tertiary/aromatic N) is 1. The quantitative estimate of drug-likeness (QED) is 0.791. The monoisotopic (exact) mass is 234 g/mol. The fourth-order valence-corrected chi connectivity index (χ4v) is 1.19. The van der Waals surface area contributed by atoms with Gasteiger partial charge in [-0.05, 0) is 11.6 Å². The van der Waals surface area contributed by atoms with E-state index in [0.717, 1.165) is 5.56 Å². The number of aliphatic carboxylic acids is 1. The second-order valence-corrected chi connectivity index (χ2v) is 3.49. The third-order valence-electron chi connectivity index (χ3n) is 1.96. The van der Waals surface area contributed by atoms with Crippen LogP contribution in [0.3, 0.4) is 0 Å². The van der Waals surface area contributed by atoms with E-state index in [1.165, 1.54) is 6.92 Å². The van der Waals surface area contributed by atoms with Crippen molar-refractivity contribution in [1.29, 1.82) is 0 Å². The molecule has 5 nitrogen and oxygen atoms in total. The van der Waals surface area contributed by atoms with Crippen molar-refractivity contribution in [2.45, 2.75) is 13.3 Å². The first kappa shape index (κ1) is 12.9. The molecule has 17 heavy (non-hydrogen) atoms. The summed E-state index contributed by atoms with van der Waals surface area (Å²) < 4.78 is 0. The molecule has 0 aliphatic heterocycles. The Morgan fingerprint density at radius 1 is 1.47 bits per heavy atom. The Morgan fingerprint density at radius 2 is 2.24 bits per heavy atom. The van der Waals surface area contributed by atoms with E-state index in [0.29, 0.717) is 12.2 Å². The van der Waals surface area contributed by atoms with E-state index >= 15 is 0 Å². The SMILES string of the molecule is CC(=O)NCC=Cc1ccc(CC(=O)O)nc1. The molecule has 1 heterocycles. The molecule has 0 saturated heterocycles. The number of carbonyl (C=O) groups excluding carboxylic acids is 1. The zero-order chi connectivity index (χ0) is 12.7. The maximum atomic E-state index is 10.6. The van der Waals surface area contributed by atoms with Gasteiger partial charge < -0.3 is 10.4 Å². The summed E-state index contributed by atoms with van der Waals surface area (Å²) >= 11 is 0. The summed E-state index contributed by atoms with van der Waals surface area (Å²) in [5.74, 6) is -0.976. The minimum atomic E-state index is -0.897. The fourth-order valence-electron chi connectivity index (χ4n) is 1.19. The van der Waals surface area contributed by atoms with E-state index in [9.17, 15) is 9.59 Å². The van der Waals surface area contributed by atoms with Crippen molar-refractivity contribution in [3.63, 3.8) is 0 Å². The summed E-state index contributed by atoms with van der Waals surface area (Å²) in [5, 5.41) is 11.2. The first-order valence-electron chi connectivity index (χ1n) is 5.15. The van der Waals surface area contributed by atoms with E-state index in [1.54, 1.807) is 24.4 Å². The molecule has 0 bridgehead atoms. The molecule has 0 aliphatic carbocycles. The zero-order valence-electron chi connectivity index (χ0n) is 9.51. The maximum absolute atomic E-state index is 10.6. The van der Waals surface area contributed by atoms with Crippen molar-refractivity contribution >= 4 is 18.0 Å². The molecule has 0 spiro atoms. The van der Waals surface area contributed by atoms with Crippen molar-refractivity contribution in [2.24, 2.45) is 0 Å². The van der Waals surface area contributed by atoms with Crippen LogP contribution in [0.25, 0.3) is 6.08 Å². The lowest BCUT2D eigenvalue weighted by Gasteiger charge is -1.98.